The molecule has 0 heterocycles. The minimum atomic E-state index is -5.24. The van der Waals surface area contributed by atoms with Crippen molar-refractivity contribution in [2.24, 2.45) is 4.99 Å². The first-order valence-corrected chi connectivity index (χ1v) is 18.8. The van der Waals surface area contributed by atoms with E-state index in [-0.39, 0.29) is 57.6 Å². The second-order valence-electron chi connectivity index (χ2n) is 13.6. The molecule has 6 N–H and O–H groups in total. The molecule has 59 heavy (non-hydrogen) atoms. The summed E-state index contributed by atoms with van der Waals surface area (Å²) in [6.07, 6.45) is -7.72. The number of carbonyl (C=O) groups excluding carboxylic acids is 4. The molecule has 0 aromatic heterocycles. The van der Waals surface area contributed by atoms with E-state index in [1.54, 1.807) is 5.32 Å². The number of carboxylic acids is 1. The van der Waals surface area contributed by atoms with Gasteiger partial charge in [0, 0.05) is 37.9 Å². The van der Waals surface area contributed by atoms with Gasteiger partial charge in [0.1, 0.15) is 19.3 Å². The molecule has 1 atom stereocenters. The van der Waals surface area contributed by atoms with Crippen LogP contribution in [0.4, 0.5) is 22.8 Å². The molecule has 14 nitrogen and oxygen atoms in total. The van der Waals surface area contributed by atoms with Crippen LogP contribution in [0, 0.1) is 0 Å². The van der Waals surface area contributed by atoms with Crippen LogP contribution in [-0.2, 0) is 23.9 Å². The molecule has 0 spiro atoms. The highest BCUT2D eigenvalue weighted by Gasteiger charge is 2.39. The molecule has 2 aliphatic rings. The van der Waals surface area contributed by atoms with Gasteiger partial charge in [0.2, 0.25) is 5.91 Å². The molecule has 4 aromatic carbocycles. The lowest BCUT2D eigenvalue weighted by atomic mass is 9.98. The number of nitrogens with one attached hydrogen (secondary N) is 5. The SMILES string of the molecule is O=C(O)CC[C@H](NC(=O)OCC1c2ccccc2-c2ccccc21)C(=O)NCCN=C(NCCNC(=O)OCC1c2ccccc2-c2ccccc21)NC(=O)C(F)(F)F. The first-order valence-electron chi connectivity index (χ1n) is 18.8. The molecule has 0 saturated heterocycles. The van der Waals surface area contributed by atoms with Gasteiger partial charge in [-0.05, 0) is 50.9 Å². The third-order valence-corrected chi connectivity index (χ3v) is 9.80. The van der Waals surface area contributed by atoms with Crippen molar-refractivity contribution < 1.29 is 51.7 Å². The van der Waals surface area contributed by atoms with Crippen LogP contribution in [0.25, 0.3) is 22.3 Å². The molecule has 0 saturated carbocycles. The van der Waals surface area contributed by atoms with E-state index in [2.05, 4.69) is 26.3 Å². The number of ether oxygens (including phenoxy) is 2. The van der Waals surface area contributed by atoms with E-state index in [1.807, 2.05) is 97.1 Å². The van der Waals surface area contributed by atoms with Gasteiger partial charge >= 0.3 is 30.2 Å². The number of carbonyl (C=O) groups is 5. The smallest absolute Gasteiger partial charge is 0.471 e. The number of rotatable bonds is 15. The van der Waals surface area contributed by atoms with Crippen LogP contribution in [0.3, 0.4) is 0 Å². The number of fused-ring (bicyclic) bond motifs is 6. The van der Waals surface area contributed by atoms with Crippen molar-refractivity contribution in [2.45, 2.75) is 36.9 Å². The van der Waals surface area contributed by atoms with E-state index in [1.165, 1.54) is 0 Å². The van der Waals surface area contributed by atoms with Crippen LogP contribution < -0.4 is 26.6 Å². The zero-order chi connectivity index (χ0) is 41.9. The number of alkyl halides is 3. The average Bonchev–Trinajstić information content (AvgIpc) is 3.72. The van der Waals surface area contributed by atoms with Crippen molar-refractivity contribution in [2.75, 3.05) is 39.4 Å². The van der Waals surface area contributed by atoms with Crippen LogP contribution in [0.5, 0.6) is 0 Å². The van der Waals surface area contributed by atoms with Gasteiger partial charge in [-0.3, -0.25) is 24.7 Å². The number of aliphatic imine (C=N–C) groups is 1. The summed E-state index contributed by atoms with van der Waals surface area (Å²) >= 11 is 0. The molecule has 4 aromatic rings. The van der Waals surface area contributed by atoms with Gasteiger partial charge in [-0.15, -0.1) is 0 Å². The van der Waals surface area contributed by atoms with Gasteiger partial charge in [0.15, 0.2) is 5.96 Å². The Morgan fingerprint density at radius 2 is 1.10 bits per heavy atom. The monoisotopic (exact) mass is 814 g/mol. The number of alkyl carbamates (subject to hydrolysis) is 2. The minimum absolute atomic E-state index is 0.0474. The predicted octanol–water partition coefficient (Wildman–Crippen LogP) is 5.04. The molecule has 4 amide bonds. The Hall–Kier alpha value is -6.91. The first-order chi connectivity index (χ1) is 28.4. The summed E-state index contributed by atoms with van der Waals surface area (Å²) in [5.41, 5.74) is 8.10. The third kappa shape index (κ3) is 10.5. The van der Waals surface area contributed by atoms with Gasteiger partial charge in [0.05, 0.1) is 6.54 Å². The molecule has 0 fully saturated rings. The topological polar surface area (TPSA) is 197 Å². The van der Waals surface area contributed by atoms with Crippen molar-refractivity contribution in [3.8, 4) is 22.3 Å². The summed E-state index contributed by atoms with van der Waals surface area (Å²) in [5, 5.41) is 20.7. The third-order valence-electron chi connectivity index (χ3n) is 9.80. The molecule has 308 valence electrons. The zero-order valence-corrected chi connectivity index (χ0v) is 31.5. The Kier molecular flexibility index (Phi) is 13.4. The summed E-state index contributed by atoms with van der Waals surface area (Å²) in [4.78, 5) is 65.4. The molecule has 17 heteroatoms. The quantitative estimate of drug-likeness (QED) is 0.0542. The van der Waals surface area contributed by atoms with Crippen LogP contribution in [0.15, 0.2) is 102 Å². The van der Waals surface area contributed by atoms with Gasteiger partial charge < -0.3 is 35.8 Å². The van der Waals surface area contributed by atoms with E-state index in [0.717, 1.165) is 44.5 Å². The highest BCUT2D eigenvalue weighted by molar-refractivity contribution is 5.99. The summed E-state index contributed by atoms with van der Waals surface area (Å²) in [6.45, 7) is -0.924. The number of benzene rings is 4. The Morgan fingerprint density at radius 1 is 0.644 bits per heavy atom. The van der Waals surface area contributed by atoms with E-state index < -0.39 is 54.6 Å². The minimum Gasteiger partial charge on any atom is -0.481 e. The van der Waals surface area contributed by atoms with Crippen molar-refractivity contribution >= 4 is 35.9 Å². The fourth-order valence-electron chi connectivity index (χ4n) is 7.10. The maximum atomic E-state index is 13.1. The largest absolute Gasteiger partial charge is 0.481 e. The second kappa shape index (κ2) is 19.0. The Labute approximate surface area is 336 Å². The highest BCUT2D eigenvalue weighted by Crippen LogP contribution is 2.45. The van der Waals surface area contributed by atoms with Gasteiger partial charge in [0.25, 0.3) is 0 Å². The van der Waals surface area contributed by atoms with Crippen LogP contribution in [0.2, 0.25) is 0 Å². The maximum Gasteiger partial charge on any atom is 0.471 e. The molecule has 0 aliphatic heterocycles. The van der Waals surface area contributed by atoms with Crippen LogP contribution >= 0.6 is 0 Å². The molecule has 0 bridgehead atoms. The molecule has 0 unspecified atom stereocenters. The number of hydrogen-bond acceptors (Lipinski definition) is 8. The maximum absolute atomic E-state index is 13.1. The summed E-state index contributed by atoms with van der Waals surface area (Å²) in [7, 11) is 0. The number of amides is 4. The Balaban J connectivity index is 0.977. The van der Waals surface area contributed by atoms with Gasteiger partial charge in [-0.2, -0.15) is 13.2 Å². The van der Waals surface area contributed by atoms with Crippen LogP contribution in [0.1, 0.15) is 46.9 Å². The first kappa shape index (κ1) is 41.7. The standard InChI is InChI=1S/C42H41F3N6O8/c43-42(44,45)38(55)51-39(48-21-22-49-40(56)58-23-33-29-13-5-1-9-25(29)26-10-2-6-14-30(26)33)47-20-19-46-37(54)35(17-18-36(52)53)50-41(57)59-24-34-31-15-7-3-11-27(31)28-12-4-8-16-32(28)34/h1-16,33-35H,17-24H2,(H,46,54)(H,49,56)(H,50,57)(H,52,53)(H2,47,48,51,55)/t35-/m0/s1. The predicted molar refractivity (Wildman–Crippen MR) is 209 cm³/mol. The van der Waals surface area contributed by atoms with E-state index in [9.17, 15) is 42.3 Å². The second-order valence-corrected chi connectivity index (χ2v) is 13.6. The molecule has 0 radical (unpaired) electrons. The number of aliphatic carboxylic acids is 1. The van der Waals surface area contributed by atoms with Crippen molar-refractivity contribution in [3.05, 3.63) is 119 Å². The number of nitrogens with zero attached hydrogens (tertiary/aromatic N) is 1. The normalized spacial score (nSPS) is 13.5. The van der Waals surface area contributed by atoms with E-state index in [4.69, 9.17) is 9.47 Å². The fraction of sp³-hybridized carbons (Fsp3) is 0.286. The zero-order valence-electron chi connectivity index (χ0n) is 31.5. The molecular weight excluding hydrogens is 773 g/mol. The number of carboxylic acid groups (broad SMARTS) is 1. The van der Waals surface area contributed by atoms with Crippen molar-refractivity contribution in [1.29, 1.82) is 0 Å². The average molecular weight is 815 g/mol. The number of halogens is 3. The lowest BCUT2D eigenvalue weighted by molar-refractivity contribution is -0.171. The lowest BCUT2D eigenvalue weighted by Crippen LogP contribution is -2.49. The number of hydrogen-bond donors (Lipinski definition) is 6. The Bertz CT molecular complexity index is 2140. The summed E-state index contributed by atoms with van der Waals surface area (Å²) in [5.74, 6) is -5.35. The van der Waals surface area contributed by atoms with Crippen LogP contribution in [-0.4, -0.2) is 92.6 Å². The lowest BCUT2D eigenvalue weighted by Gasteiger charge is -2.19. The van der Waals surface area contributed by atoms with E-state index >= 15 is 0 Å². The van der Waals surface area contributed by atoms with Gasteiger partial charge in [-0.1, -0.05) is 97.1 Å². The van der Waals surface area contributed by atoms with Gasteiger partial charge in [-0.25, -0.2) is 9.59 Å². The summed E-state index contributed by atoms with van der Waals surface area (Å²) in [6, 6.07) is 29.7. The molecular formula is C42H41F3N6O8. The molecule has 6 rings (SSSR count). The van der Waals surface area contributed by atoms with Crippen molar-refractivity contribution in [1.82, 2.24) is 26.6 Å². The molecule has 2 aliphatic carbocycles. The Morgan fingerprint density at radius 3 is 1.58 bits per heavy atom. The highest BCUT2D eigenvalue weighted by atomic mass is 19.4. The van der Waals surface area contributed by atoms with Crippen molar-refractivity contribution in [3.63, 3.8) is 0 Å². The fourth-order valence-corrected chi connectivity index (χ4v) is 7.10. The van der Waals surface area contributed by atoms with E-state index in [0.29, 0.717) is 0 Å². The number of guanidine groups is 1. The summed E-state index contributed by atoms with van der Waals surface area (Å²) < 4.78 is 50.2.